The molecule has 4 N–H and O–H groups in total. The number of imide groups is 1. The van der Waals surface area contributed by atoms with E-state index in [0.29, 0.717) is 79.1 Å². The van der Waals surface area contributed by atoms with Gasteiger partial charge in [0.2, 0.25) is 21.8 Å². The van der Waals surface area contributed by atoms with E-state index < -0.39 is 46.1 Å². The van der Waals surface area contributed by atoms with Gasteiger partial charge in [-0.15, -0.1) is 11.3 Å². The maximum absolute atomic E-state index is 13.7. The van der Waals surface area contributed by atoms with E-state index in [9.17, 15) is 42.3 Å². The lowest BCUT2D eigenvalue weighted by molar-refractivity contribution is -0.139. The summed E-state index contributed by atoms with van der Waals surface area (Å²) in [6.07, 6.45) is 2.74. The van der Waals surface area contributed by atoms with Gasteiger partial charge in [0.25, 0.3) is 0 Å². The van der Waals surface area contributed by atoms with Crippen LogP contribution in [0.2, 0.25) is 5.02 Å². The molecule has 5 aromatic rings. The molecule has 0 radical (unpaired) electrons. The number of piperidine rings is 3. The van der Waals surface area contributed by atoms with Crippen LogP contribution in [0.1, 0.15) is 92.1 Å². The van der Waals surface area contributed by atoms with E-state index in [0.717, 1.165) is 28.1 Å². The predicted molar refractivity (Wildman–Crippen MR) is 262 cm³/mol. The summed E-state index contributed by atoms with van der Waals surface area (Å²) in [7, 11) is -2.03. The number of imidazole rings is 1. The molecule has 0 saturated carbocycles. The fraction of sp³-hybridized carbons (Fsp3) is 0.417. The third-order valence-electron chi connectivity index (χ3n) is 12.5. The lowest BCUT2D eigenvalue weighted by Crippen LogP contribution is -2.44. The van der Waals surface area contributed by atoms with Gasteiger partial charge in [0.05, 0.1) is 21.7 Å². The number of carboxylic acids is 1. The SMILES string of the molecule is Cn1c(=O)n(C2CCC(=O)NC2=O)c2cccc(C3CCN(C(=O)Nc4cccc(CS(=O)(=O)N5CCC(Nc6cccc(-c7sc(C(=O)OC(C)(C)C)c(OCC(=O)O)c7Cl)c6)CC5)c4)CC3)c21. The van der Waals surface area contributed by atoms with Crippen LogP contribution >= 0.6 is 22.9 Å². The number of amides is 4. The van der Waals surface area contributed by atoms with E-state index in [-0.39, 0.29) is 63.8 Å². The number of hydrogen-bond acceptors (Lipinski definition) is 12. The summed E-state index contributed by atoms with van der Waals surface area (Å²) < 4.78 is 43.0. The van der Waals surface area contributed by atoms with Crippen LogP contribution in [0, 0.1) is 0 Å². The second kappa shape index (κ2) is 20.0. The second-order valence-electron chi connectivity index (χ2n) is 18.5. The maximum atomic E-state index is 13.7. The minimum absolute atomic E-state index is 0.0452. The molecular weight excluding hydrogens is 950 g/mol. The predicted octanol–water partition coefficient (Wildman–Crippen LogP) is 6.94. The molecule has 3 aliphatic rings. The Bertz CT molecular complexity index is 3000. The molecule has 4 amide bonds. The molecule has 21 heteroatoms. The summed E-state index contributed by atoms with van der Waals surface area (Å²) in [6, 6.07) is 18.7. The number of likely N-dealkylation sites (tertiary alicyclic amines) is 1. The third kappa shape index (κ3) is 11.0. The standard InChI is InChI=1S/C48H54ClN7O11S2/c1-48(2,3)67-45(61)43-41(66-26-38(58)59)39(49)42(68-43)30-9-6-11-33(25-30)50-31-18-22-55(23-19-31)69(64,65)27-28-8-5-10-32(24-28)51-46(62)54-20-16-29(17-21-54)34-12-7-13-35-40(34)53(4)47(63)56(35)36-14-15-37(57)52-44(36)60/h5-13,24-25,29,31,36,50H,14-23,26-27H2,1-4H3,(H,51,62)(H,58,59)(H,52,57,60). The molecule has 18 nitrogen and oxygen atoms in total. The Balaban J connectivity index is 0.848. The van der Waals surface area contributed by atoms with E-state index in [1.807, 2.05) is 42.5 Å². The number of esters is 1. The maximum Gasteiger partial charge on any atom is 0.352 e. The molecular formula is C48H54ClN7O11S2. The first-order valence-electron chi connectivity index (χ1n) is 22.7. The van der Waals surface area contributed by atoms with Crippen molar-refractivity contribution in [2.24, 2.45) is 7.05 Å². The molecule has 3 aliphatic heterocycles. The fourth-order valence-electron chi connectivity index (χ4n) is 9.23. The van der Waals surface area contributed by atoms with E-state index in [2.05, 4.69) is 16.0 Å². The third-order valence-corrected chi connectivity index (χ3v) is 16.0. The number of nitrogens with one attached hydrogen (secondary N) is 3. The number of hydrogen-bond donors (Lipinski definition) is 4. The number of urea groups is 1. The molecule has 0 bridgehead atoms. The van der Waals surface area contributed by atoms with Crippen LogP contribution in [0.15, 0.2) is 71.5 Å². The summed E-state index contributed by atoms with van der Waals surface area (Å²) in [5.74, 6) is -3.02. The number of fused-ring (bicyclic) bond motifs is 1. The van der Waals surface area contributed by atoms with Gasteiger partial charge < -0.3 is 30.1 Å². The largest absolute Gasteiger partial charge is 0.479 e. The molecule has 366 valence electrons. The fourth-order valence-corrected chi connectivity index (χ4v) is 12.2. The molecule has 0 spiro atoms. The monoisotopic (exact) mass is 1000 g/mol. The highest BCUT2D eigenvalue weighted by Gasteiger charge is 2.34. The summed E-state index contributed by atoms with van der Waals surface area (Å²) in [5.41, 5.74) is 3.59. The summed E-state index contributed by atoms with van der Waals surface area (Å²) in [4.78, 5) is 78.2. The Morgan fingerprint density at radius 2 is 1.61 bits per heavy atom. The molecule has 3 saturated heterocycles. The molecule has 0 aliphatic carbocycles. The first-order valence-corrected chi connectivity index (χ1v) is 25.5. The highest BCUT2D eigenvalue weighted by atomic mass is 35.5. The first-order chi connectivity index (χ1) is 32.8. The Morgan fingerprint density at radius 1 is 0.913 bits per heavy atom. The van der Waals surface area contributed by atoms with Gasteiger partial charge >= 0.3 is 23.7 Å². The average Bonchev–Trinajstić information content (AvgIpc) is 3.76. The van der Waals surface area contributed by atoms with Crippen LogP contribution in [-0.4, -0.2) is 106 Å². The van der Waals surface area contributed by atoms with E-state index in [1.54, 1.807) is 61.6 Å². The smallest absolute Gasteiger partial charge is 0.352 e. The lowest BCUT2D eigenvalue weighted by atomic mass is 9.88. The van der Waals surface area contributed by atoms with Crippen molar-refractivity contribution < 1.29 is 47.0 Å². The summed E-state index contributed by atoms with van der Waals surface area (Å²) in [6.45, 7) is 5.94. The number of carboxylic acid groups (broad SMARTS) is 1. The Kier molecular flexibility index (Phi) is 14.3. The van der Waals surface area contributed by atoms with E-state index in [1.165, 1.54) is 8.87 Å². The number of sulfonamides is 1. The van der Waals surface area contributed by atoms with Crippen molar-refractivity contribution in [3.63, 3.8) is 0 Å². The van der Waals surface area contributed by atoms with Crippen molar-refractivity contribution in [3.8, 4) is 16.2 Å². The van der Waals surface area contributed by atoms with Crippen molar-refractivity contribution in [1.82, 2.24) is 23.7 Å². The van der Waals surface area contributed by atoms with Crippen molar-refractivity contribution in [2.45, 2.75) is 88.7 Å². The minimum atomic E-state index is -3.71. The van der Waals surface area contributed by atoms with Gasteiger partial charge in [-0.3, -0.25) is 24.0 Å². The molecule has 69 heavy (non-hydrogen) atoms. The molecule has 3 fully saturated rings. The number of nitrogens with zero attached hydrogens (tertiary/aromatic N) is 4. The zero-order valence-corrected chi connectivity index (χ0v) is 41.0. The van der Waals surface area contributed by atoms with Gasteiger partial charge in [-0.2, -0.15) is 0 Å². The molecule has 2 aromatic heterocycles. The van der Waals surface area contributed by atoms with Gasteiger partial charge in [0.15, 0.2) is 17.2 Å². The lowest BCUT2D eigenvalue weighted by Gasteiger charge is -2.33. The Labute approximate surface area is 407 Å². The van der Waals surface area contributed by atoms with Crippen LogP contribution in [-0.2, 0) is 41.9 Å². The number of aryl methyl sites for hydroxylation is 1. The van der Waals surface area contributed by atoms with Gasteiger partial charge in [-0.05, 0) is 106 Å². The number of carbonyl (C=O) groups excluding carboxylic acids is 4. The number of aliphatic carboxylic acids is 1. The molecule has 1 atom stereocenters. The van der Waals surface area contributed by atoms with Crippen LogP contribution in [0.25, 0.3) is 21.5 Å². The van der Waals surface area contributed by atoms with E-state index >= 15 is 0 Å². The van der Waals surface area contributed by atoms with E-state index in [4.69, 9.17) is 21.1 Å². The normalized spacial score (nSPS) is 17.7. The number of benzene rings is 3. The second-order valence-corrected chi connectivity index (χ2v) is 21.9. The molecule has 5 heterocycles. The van der Waals surface area contributed by atoms with Crippen LogP contribution in [0.4, 0.5) is 16.2 Å². The van der Waals surface area contributed by atoms with Crippen LogP contribution in [0.3, 0.4) is 0 Å². The van der Waals surface area contributed by atoms with Crippen molar-refractivity contribution in [2.75, 3.05) is 43.4 Å². The summed E-state index contributed by atoms with van der Waals surface area (Å²) >= 11 is 7.75. The topological polar surface area (TPSA) is 228 Å². The molecule has 8 rings (SSSR count). The van der Waals surface area contributed by atoms with Gasteiger partial charge in [0, 0.05) is 57.1 Å². The molecule has 1 unspecified atom stereocenters. The number of rotatable bonds is 13. The Morgan fingerprint density at radius 3 is 2.30 bits per heavy atom. The number of carbonyl (C=O) groups is 5. The van der Waals surface area contributed by atoms with Crippen molar-refractivity contribution in [3.05, 3.63) is 98.2 Å². The number of halogens is 1. The van der Waals surface area contributed by atoms with Crippen molar-refractivity contribution >= 4 is 85.2 Å². The average molecular weight is 1000 g/mol. The zero-order valence-electron chi connectivity index (χ0n) is 38.6. The summed E-state index contributed by atoms with van der Waals surface area (Å²) in [5, 5.41) is 18.1. The number of ether oxygens (including phenoxy) is 2. The van der Waals surface area contributed by atoms with Gasteiger partial charge in [-0.25, -0.2) is 31.9 Å². The van der Waals surface area contributed by atoms with Gasteiger partial charge in [-0.1, -0.05) is 48.0 Å². The van der Waals surface area contributed by atoms with Gasteiger partial charge in [0.1, 0.15) is 16.7 Å². The Hall–Kier alpha value is -6.22. The number of para-hydroxylation sites is 1. The number of thiophene rings is 1. The number of anilines is 2. The minimum Gasteiger partial charge on any atom is -0.479 e. The van der Waals surface area contributed by atoms with Crippen molar-refractivity contribution in [1.29, 1.82) is 0 Å². The number of aromatic nitrogens is 2. The van der Waals surface area contributed by atoms with Crippen LogP contribution < -0.4 is 26.4 Å². The zero-order chi connectivity index (χ0) is 49.4. The van der Waals surface area contributed by atoms with Crippen LogP contribution in [0.5, 0.6) is 5.75 Å². The highest BCUT2D eigenvalue weighted by Crippen LogP contribution is 2.47. The first kappa shape index (κ1) is 49.2. The molecule has 3 aromatic carbocycles. The highest BCUT2D eigenvalue weighted by molar-refractivity contribution is 7.88. The quantitative estimate of drug-likeness (QED) is 0.0695.